The summed E-state index contributed by atoms with van der Waals surface area (Å²) in [5, 5.41) is 5.49. The molecule has 1 aliphatic heterocycles. The molecular formula is C25H37N3O7S. The summed E-state index contributed by atoms with van der Waals surface area (Å²) in [4.78, 5) is 39.3. The van der Waals surface area contributed by atoms with Gasteiger partial charge in [-0.05, 0) is 57.9 Å². The van der Waals surface area contributed by atoms with Gasteiger partial charge in [0.25, 0.3) is 0 Å². The van der Waals surface area contributed by atoms with Crippen molar-refractivity contribution in [2.45, 2.75) is 76.8 Å². The molecule has 4 atom stereocenters. The van der Waals surface area contributed by atoms with Crippen molar-refractivity contribution in [3.8, 4) is 0 Å². The van der Waals surface area contributed by atoms with Crippen LogP contribution in [0.3, 0.4) is 0 Å². The van der Waals surface area contributed by atoms with E-state index >= 15 is 0 Å². The van der Waals surface area contributed by atoms with Gasteiger partial charge in [-0.15, -0.1) is 0 Å². The minimum absolute atomic E-state index is 0.0921. The lowest BCUT2D eigenvalue weighted by Crippen LogP contribution is -2.53. The molecule has 3 amide bonds. The molecule has 1 aromatic carbocycles. The number of ether oxygens (including phenoxy) is 2. The van der Waals surface area contributed by atoms with E-state index in [4.69, 9.17) is 9.47 Å². The van der Waals surface area contributed by atoms with Gasteiger partial charge in [-0.25, -0.2) is 18.0 Å². The van der Waals surface area contributed by atoms with Crippen LogP contribution in [0.4, 0.5) is 9.59 Å². The van der Waals surface area contributed by atoms with E-state index in [1.54, 1.807) is 25.7 Å². The number of carbonyl (C=O) groups is 3. The second-order valence-corrected chi connectivity index (χ2v) is 12.8. The molecule has 11 heteroatoms. The van der Waals surface area contributed by atoms with Gasteiger partial charge < -0.3 is 25.0 Å². The number of sulfone groups is 1. The molecule has 1 saturated carbocycles. The number of hydrogen-bond donors (Lipinski definition) is 2. The van der Waals surface area contributed by atoms with Crippen molar-refractivity contribution in [2.75, 3.05) is 18.6 Å². The summed E-state index contributed by atoms with van der Waals surface area (Å²) < 4.78 is 34.9. The van der Waals surface area contributed by atoms with Crippen molar-refractivity contribution >= 4 is 27.9 Å². The zero-order valence-corrected chi connectivity index (χ0v) is 22.2. The fraction of sp³-hybridized carbons (Fsp3) is 0.640. The van der Waals surface area contributed by atoms with E-state index in [2.05, 4.69) is 10.6 Å². The smallest absolute Gasteiger partial charge is 0.408 e. The molecule has 1 heterocycles. The van der Waals surface area contributed by atoms with E-state index < -0.39 is 33.7 Å². The van der Waals surface area contributed by atoms with Crippen molar-refractivity contribution in [1.29, 1.82) is 0 Å². The van der Waals surface area contributed by atoms with E-state index in [0.717, 1.165) is 5.56 Å². The van der Waals surface area contributed by atoms with Gasteiger partial charge in [-0.2, -0.15) is 0 Å². The molecule has 1 aliphatic carbocycles. The van der Waals surface area contributed by atoms with Crippen LogP contribution in [0, 0.1) is 5.92 Å². The Hall–Kier alpha value is -2.82. The van der Waals surface area contributed by atoms with Crippen LogP contribution in [0.25, 0.3) is 0 Å². The Morgan fingerprint density at radius 2 is 1.75 bits per heavy atom. The summed E-state index contributed by atoms with van der Waals surface area (Å²) in [6.07, 6.45) is 1.92. The zero-order valence-electron chi connectivity index (χ0n) is 21.4. The molecule has 0 spiro atoms. The highest BCUT2D eigenvalue weighted by Gasteiger charge is 2.43. The molecule has 36 heavy (non-hydrogen) atoms. The van der Waals surface area contributed by atoms with Crippen LogP contribution >= 0.6 is 0 Å². The first-order chi connectivity index (χ1) is 16.8. The summed E-state index contributed by atoms with van der Waals surface area (Å²) >= 11 is 0. The number of likely N-dealkylation sites (tertiary alicyclic amines) is 1. The second kappa shape index (κ2) is 11.5. The lowest BCUT2D eigenvalue weighted by atomic mass is 9.81. The molecule has 10 nitrogen and oxygen atoms in total. The summed E-state index contributed by atoms with van der Waals surface area (Å²) in [5.74, 6) is -0.680. The molecule has 2 aliphatic rings. The fourth-order valence-corrected chi connectivity index (χ4v) is 6.04. The van der Waals surface area contributed by atoms with Crippen LogP contribution in [0.5, 0.6) is 0 Å². The first-order valence-electron chi connectivity index (χ1n) is 12.3. The molecule has 0 unspecified atom stereocenters. The third-order valence-corrected chi connectivity index (χ3v) is 7.36. The van der Waals surface area contributed by atoms with Crippen LogP contribution < -0.4 is 10.6 Å². The number of benzene rings is 1. The Kier molecular flexibility index (Phi) is 8.86. The third-order valence-electron chi connectivity index (χ3n) is 6.33. The van der Waals surface area contributed by atoms with Crippen LogP contribution in [-0.4, -0.2) is 73.7 Å². The van der Waals surface area contributed by atoms with Crippen molar-refractivity contribution < 1.29 is 32.3 Å². The molecule has 200 valence electrons. The van der Waals surface area contributed by atoms with Gasteiger partial charge in [-0.3, -0.25) is 4.79 Å². The van der Waals surface area contributed by atoms with Crippen LogP contribution in [0.15, 0.2) is 30.3 Å². The fourth-order valence-electron chi connectivity index (χ4n) is 4.90. The van der Waals surface area contributed by atoms with Crippen molar-refractivity contribution in [1.82, 2.24) is 15.5 Å². The quantitative estimate of drug-likeness (QED) is 0.562. The molecule has 3 rings (SSSR count). The van der Waals surface area contributed by atoms with Gasteiger partial charge in [0.2, 0.25) is 5.91 Å². The largest absolute Gasteiger partial charge is 0.445 e. The van der Waals surface area contributed by atoms with E-state index in [9.17, 15) is 22.8 Å². The molecule has 2 fully saturated rings. The van der Waals surface area contributed by atoms with Gasteiger partial charge in [0.1, 0.15) is 28.1 Å². The minimum Gasteiger partial charge on any atom is -0.445 e. The molecule has 0 radical (unpaired) electrons. The molecule has 0 aromatic heterocycles. The first kappa shape index (κ1) is 27.8. The standard InChI is InChI=1S/C25H37N3O7S/c1-25(2,3)35-24(31)26-19-10-11-21(18(14-19)16-36(4,32)33)28-13-12-20(22(28)29)27-23(30)34-15-17-8-6-5-7-9-17/h5-9,18-21H,10-16H2,1-4H3,(H,26,31)(H,27,30)/t18-,19+,20-,21-/m0/s1. The highest BCUT2D eigenvalue weighted by molar-refractivity contribution is 7.90. The van der Waals surface area contributed by atoms with Gasteiger partial charge >= 0.3 is 12.2 Å². The van der Waals surface area contributed by atoms with Crippen LogP contribution in [-0.2, 0) is 30.7 Å². The lowest BCUT2D eigenvalue weighted by molar-refractivity contribution is -0.133. The van der Waals surface area contributed by atoms with Crippen molar-refractivity contribution in [3.63, 3.8) is 0 Å². The Labute approximate surface area is 213 Å². The van der Waals surface area contributed by atoms with Crippen molar-refractivity contribution in [2.24, 2.45) is 5.92 Å². The first-order valence-corrected chi connectivity index (χ1v) is 14.3. The summed E-state index contributed by atoms with van der Waals surface area (Å²) in [6.45, 7) is 5.84. The highest BCUT2D eigenvalue weighted by atomic mass is 32.2. The van der Waals surface area contributed by atoms with Crippen molar-refractivity contribution in [3.05, 3.63) is 35.9 Å². The number of alkyl carbamates (subject to hydrolysis) is 2. The maximum Gasteiger partial charge on any atom is 0.408 e. The predicted octanol–water partition coefficient (Wildman–Crippen LogP) is 2.62. The molecular weight excluding hydrogens is 486 g/mol. The number of nitrogens with zero attached hydrogens (tertiary/aromatic N) is 1. The summed E-state index contributed by atoms with van der Waals surface area (Å²) in [6, 6.07) is 7.98. The monoisotopic (exact) mass is 523 g/mol. The third kappa shape index (κ3) is 8.39. The van der Waals surface area contributed by atoms with Gasteiger partial charge in [0.15, 0.2) is 0 Å². The highest BCUT2D eigenvalue weighted by Crippen LogP contribution is 2.33. The van der Waals surface area contributed by atoms with E-state index in [1.807, 2.05) is 30.3 Å². The Morgan fingerprint density at radius 1 is 1.06 bits per heavy atom. The Morgan fingerprint density at radius 3 is 2.39 bits per heavy atom. The SMILES string of the molecule is CC(C)(C)OC(=O)N[C@@H]1CC[C@H](N2CC[C@H](NC(=O)OCc3ccccc3)C2=O)[C@H](CS(C)(=O)=O)C1. The lowest BCUT2D eigenvalue weighted by Gasteiger charge is -2.41. The predicted molar refractivity (Wildman–Crippen MR) is 134 cm³/mol. The molecule has 2 N–H and O–H groups in total. The Bertz CT molecular complexity index is 1040. The number of hydrogen-bond acceptors (Lipinski definition) is 7. The second-order valence-electron chi connectivity index (χ2n) is 10.7. The number of carbonyl (C=O) groups excluding carboxylic acids is 3. The molecule has 0 bridgehead atoms. The molecule has 1 aromatic rings. The van der Waals surface area contributed by atoms with Gasteiger partial charge in [0.05, 0.1) is 5.75 Å². The van der Waals surface area contributed by atoms with E-state index in [0.29, 0.717) is 32.2 Å². The zero-order chi connectivity index (χ0) is 26.5. The summed E-state index contributed by atoms with van der Waals surface area (Å²) in [5.41, 5.74) is 0.201. The number of rotatable bonds is 7. The summed E-state index contributed by atoms with van der Waals surface area (Å²) in [7, 11) is -3.32. The topological polar surface area (TPSA) is 131 Å². The van der Waals surface area contributed by atoms with Crippen LogP contribution in [0.1, 0.15) is 52.0 Å². The number of amides is 3. The number of nitrogens with one attached hydrogen (secondary N) is 2. The molecule has 1 saturated heterocycles. The average molecular weight is 524 g/mol. The van der Waals surface area contributed by atoms with Crippen LogP contribution in [0.2, 0.25) is 0 Å². The normalized spacial score (nSPS) is 24.8. The van der Waals surface area contributed by atoms with Gasteiger partial charge in [0, 0.05) is 24.9 Å². The minimum atomic E-state index is -3.32. The maximum absolute atomic E-state index is 13.2. The maximum atomic E-state index is 13.2. The van der Waals surface area contributed by atoms with E-state index in [-0.39, 0.29) is 36.3 Å². The Balaban J connectivity index is 1.59. The average Bonchev–Trinajstić information content (AvgIpc) is 3.10. The van der Waals surface area contributed by atoms with E-state index in [1.165, 1.54) is 6.26 Å². The van der Waals surface area contributed by atoms with Gasteiger partial charge in [-0.1, -0.05) is 30.3 Å².